The van der Waals surface area contributed by atoms with Crippen molar-refractivity contribution in [3.05, 3.63) is 32.3 Å². The van der Waals surface area contributed by atoms with E-state index in [1.54, 1.807) is 0 Å². The van der Waals surface area contributed by atoms with Crippen LogP contribution in [0, 0.1) is 10.1 Å². The van der Waals surface area contributed by atoms with E-state index in [1.807, 2.05) is 13.8 Å². The van der Waals surface area contributed by atoms with Gasteiger partial charge in [-0.2, -0.15) is 0 Å². The molecular formula is C11H14Cl2N2O3. The first-order valence-electron chi connectivity index (χ1n) is 5.44. The van der Waals surface area contributed by atoms with Crippen molar-refractivity contribution in [1.29, 1.82) is 0 Å². The summed E-state index contributed by atoms with van der Waals surface area (Å²) in [7, 11) is 0. The fraction of sp³-hybridized carbons (Fsp3) is 0.455. The minimum absolute atomic E-state index is 0.0518. The molecule has 0 spiro atoms. The zero-order valence-corrected chi connectivity index (χ0v) is 11.6. The van der Waals surface area contributed by atoms with E-state index in [-0.39, 0.29) is 21.8 Å². The highest BCUT2D eigenvalue weighted by atomic mass is 35.5. The van der Waals surface area contributed by atoms with Crippen molar-refractivity contribution in [2.45, 2.75) is 20.0 Å². The molecule has 0 aliphatic rings. The lowest BCUT2D eigenvalue weighted by Gasteiger charge is -2.14. The maximum absolute atomic E-state index is 10.9. The fourth-order valence-electron chi connectivity index (χ4n) is 1.43. The van der Waals surface area contributed by atoms with Crippen molar-refractivity contribution >= 4 is 34.6 Å². The van der Waals surface area contributed by atoms with Gasteiger partial charge in [0.1, 0.15) is 5.69 Å². The molecule has 0 amide bonds. The molecule has 7 heteroatoms. The monoisotopic (exact) mass is 292 g/mol. The second-order valence-electron chi connectivity index (χ2n) is 3.69. The van der Waals surface area contributed by atoms with Gasteiger partial charge in [-0.1, -0.05) is 23.2 Å². The van der Waals surface area contributed by atoms with Gasteiger partial charge in [0.2, 0.25) is 0 Å². The van der Waals surface area contributed by atoms with Crippen LogP contribution in [0.3, 0.4) is 0 Å². The van der Waals surface area contributed by atoms with Gasteiger partial charge >= 0.3 is 0 Å². The Balaban J connectivity index is 2.86. The van der Waals surface area contributed by atoms with Gasteiger partial charge in [-0.3, -0.25) is 10.1 Å². The van der Waals surface area contributed by atoms with Crippen LogP contribution in [-0.4, -0.2) is 24.2 Å². The van der Waals surface area contributed by atoms with Crippen molar-refractivity contribution < 1.29 is 9.66 Å². The fourth-order valence-corrected chi connectivity index (χ4v) is 1.75. The smallest absolute Gasteiger partial charge is 0.293 e. The molecule has 1 aromatic carbocycles. The number of rotatable bonds is 6. The Bertz CT molecular complexity index is 441. The molecule has 0 saturated heterocycles. The number of hydrogen-bond donors (Lipinski definition) is 1. The summed E-state index contributed by atoms with van der Waals surface area (Å²) >= 11 is 11.6. The SMILES string of the molecule is CCOC(C)CNc1cc(Cl)c(Cl)cc1[N+](=O)[O-]. The molecule has 0 aromatic heterocycles. The summed E-state index contributed by atoms with van der Waals surface area (Å²) in [5.41, 5.74) is 0.231. The van der Waals surface area contributed by atoms with E-state index in [4.69, 9.17) is 27.9 Å². The van der Waals surface area contributed by atoms with Crippen molar-refractivity contribution in [1.82, 2.24) is 0 Å². The molecule has 100 valence electrons. The Morgan fingerprint density at radius 2 is 2.06 bits per heavy atom. The maximum atomic E-state index is 10.9. The van der Waals surface area contributed by atoms with Crippen molar-refractivity contribution in [2.75, 3.05) is 18.5 Å². The molecule has 0 heterocycles. The molecule has 0 fully saturated rings. The lowest BCUT2D eigenvalue weighted by molar-refractivity contribution is -0.383. The third-order valence-electron chi connectivity index (χ3n) is 2.27. The molecule has 5 nitrogen and oxygen atoms in total. The number of nitrogens with one attached hydrogen (secondary N) is 1. The van der Waals surface area contributed by atoms with Gasteiger partial charge in [0, 0.05) is 19.2 Å². The van der Waals surface area contributed by atoms with Gasteiger partial charge in [0.25, 0.3) is 5.69 Å². The van der Waals surface area contributed by atoms with Crippen LogP contribution >= 0.6 is 23.2 Å². The molecule has 0 bridgehead atoms. The number of hydrogen-bond acceptors (Lipinski definition) is 4. The number of ether oxygens (including phenoxy) is 1. The Morgan fingerprint density at radius 1 is 1.44 bits per heavy atom. The van der Waals surface area contributed by atoms with E-state index in [9.17, 15) is 10.1 Å². The Morgan fingerprint density at radius 3 is 2.61 bits per heavy atom. The average molecular weight is 293 g/mol. The zero-order valence-electron chi connectivity index (χ0n) is 10.1. The highest BCUT2D eigenvalue weighted by Gasteiger charge is 2.17. The molecule has 0 radical (unpaired) electrons. The number of nitro benzene ring substituents is 1. The average Bonchev–Trinajstić information content (AvgIpc) is 2.30. The molecule has 1 rings (SSSR count). The Labute approximate surface area is 115 Å². The summed E-state index contributed by atoms with van der Waals surface area (Å²) in [6.45, 7) is 4.80. The van der Waals surface area contributed by atoms with Crippen molar-refractivity contribution in [3.8, 4) is 0 Å². The van der Waals surface area contributed by atoms with Crippen LogP contribution in [0.15, 0.2) is 12.1 Å². The van der Waals surface area contributed by atoms with Crippen LogP contribution in [0.25, 0.3) is 0 Å². The first-order valence-corrected chi connectivity index (χ1v) is 6.20. The van der Waals surface area contributed by atoms with Gasteiger partial charge < -0.3 is 10.1 Å². The summed E-state index contributed by atoms with van der Waals surface area (Å²) in [6.07, 6.45) is -0.0518. The maximum Gasteiger partial charge on any atom is 0.293 e. The van der Waals surface area contributed by atoms with E-state index in [1.165, 1.54) is 12.1 Å². The summed E-state index contributed by atoms with van der Waals surface area (Å²) in [5.74, 6) is 0. The van der Waals surface area contributed by atoms with E-state index >= 15 is 0 Å². The third-order valence-corrected chi connectivity index (χ3v) is 2.99. The highest BCUT2D eigenvalue weighted by molar-refractivity contribution is 6.42. The number of benzene rings is 1. The highest BCUT2D eigenvalue weighted by Crippen LogP contribution is 2.33. The summed E-state index contributed by atoms with van der Waals surface area (Å²) < 4.78 is 5.33. The second kappa shape index (κ2) is 6.78. The zero-order chi connectivity index (χ0) is 13.7. The Hall–Kier alpha value is -1.04. The van der Waals surface area contributed by atoms with Crippen LogP contribution in [0.5, 0.6) is 0 Å². The summed E-state index contributed by atoms with van der Waals surface area (Å²) in [6, 6.07) is 2.68. The van der Waals surface area contributed by atoms with Gasteiger partial charge in [-0.25, -0.2) is 0 Å². The molecule has 0 aliphatic heterocycles. The van der Waals surface area contributed by atoms with Crippen molar-refractivity contribution in [3.63, 3.8) is 0 Å². The number of anilines is 1. The minimum Gasteiger partial charge on any atom is -0.377 e. The molecule has 18 heavy (non-hydrogen) atoms. The van der Waals surface area contributed by atoms with E-state index < -0.39 is 4.92 Å². The van der Waals surface area contributed by atoms with E-state index in [2.05, 4.69) is 5.32 Å². The Kier molecular flexibility index (Phi) is 5.65. The van der Waals surface area contributed by atoms with Gasteiger partial charge in [-0.15, -0.1) is 0 Å². The second-order valence-corrected chi connectivity index (χ2v) is 4.50. The van der Waals surface area contributed by atoms with E-state index in [0.717, 1.165) is 0 Å². The molecule has 0 saturated carbocycles. The molecule has 1 N–H and O–H groups in total. The predicted octanol–water partition coefficient (Wildman–Crippen LogP) is 3.74. The lowest BCUT2D eigenvalue weighted by atomic mass is 10.2. The van der Waals surface area contributed by atoms with Crippen LogP contribution in [0.2, 0.25) is 10.0 Å². The summed E-state index contributed by atoms with van der Waals surface area (Å²) in [5, 5.41) is 14.3. The lowest BCUT2D eigenvalue weighted by Crippen LogP contribution is -2.20. The molecule has 0 aliphatic carbocycles. The van der Waals surface area contributed by atoms with E-state index in [0.29, 0.717) is 18.8 Å². The van der Waals surface area contributed by atoms with Crippen LogP contribution in [0.1, 0.15) is 13.8 Å². The van der Waals surface area contributed by atoms with Gasteiger partial charge in [-0.05, 0) is 19.9 Å². The largest absolute Gasteiger partial charge is 0.377 e. The molecule has 1 unspecified atom stereocenters. The molecule has 1 aromatic rings. The van der Waals surface area contributed by atoms with Crippen LogP contribution in [-0.2, 0) is 4.74 Å². The third kappa shape index (κ3) is 4.01. The standard InChI is InChI=1S/C11H14Cl2N2O3/c1-3-18-7(2)6-14-10-4-8(12)9(13)5-11(10)15(16)17/h4-5,7,14H,3,6H2,1-2H3. The molecular weight excluding hydrogens is 279 g/mol. The van der Waals surface area contributed by atoms with Crippen LogP contribution < -0.4 is 5.32 Å². The number of nitrogens with zero attached hydrogens (tertiary/aromatic N) is 1. The quantitative estimate of drug-likeness (QED) is 0.641. The first kappa shape index (κ1) is 15.0. The predicted molar refractivity (Wildman–Crippen MR) is 72.7 cm³/mol. The van der Waals surface area contributed by atoms with Crippen molar-refractivity contribution in [2.24, 2.45) is 0 Å². The van der Waals surface area contributed by atoms with Gasteiger partial charge in [0.05, 0.1) is 21.1 Å². The van der Waals surface area contributed by atoms with Gasteiger partial charge in [0.15, 0.2) is 0 Å². The summed E-state index contributed by atoms with van der Waals surface area (Å²) in [4.78, 5) is 10.4. The number of nitro groups is 1. The normalized spacial score (nSPS) is 12.2. The topological polar surface area (TPSA) is 64.4 Å². The van der Waals surface area contributed by atoms with Crippen LogP contribution in [0.4, 0.5) is 11.4 Å². The molecule has 1 atom stereocenters. The first-order chi connectivity index (χ1) is 8.45. The number of halogens is 2. The minimum atomic E-state index is -0.504.